The first-order valence-electron chi connectivity index (χ1n) is 9.32. The first-order chi connectivity index (χ1) is 12.2. The summed E-state index contributed by atoms with van der Waals surface area (Å²) in [6.45, 7) is 7.78. The number of carbonyl (C=O) groups excluding carboxylic acids is 1. The zero-order chi connectivity index (χ0) is 17.3. The van der Waals surface area contributed by atoms with Crippen LogP contribution in [0, 0.1) is 6.92 Å². The van der Waals surface area contributed by atoms with E-state index in [4.69, 9.17) is 13.9 Å². The number of oxazole rings is 1. The minimum atomic E-state index is -0.0749. The van der Waals surface area contributed by atoms with E-state index in [1.54, 1.807) is 6.92 Å². The van der Waals surface area contributed by atoms with Crippen LogP contribution in [0.4, 0.5) is 0 Å². The molecule has 0 N–H and O–H groups in total. The summed E-state index contributed by atoms with van der Waals surface area (Å²) >= 11 is 0. The summed E-state index contributed by atoms with van der Waals surface area (Å²) in [6.07, 6.45) is 5.29. The van der Waals surface area contributed by atoms with E-state index < -0.39 is 0 Å². The van der Waals surface area contributed by atoms with Gasteiger partial charge in [-0.3, -0.25) is 9.69 Å². The predicted molar refractivity (Wildman–Crippen MR) is 90.5 cm³/mol. The number of amides is 1. The molecular formula is C18H27N3O4. The molecule has 0 aliphatic carbocycles. The molecule has 3 fully saturated rings. The van der Waals surface area contributed by atoms with Crippen molar-refractivity contribution in [2.24, 2.45) is 0 Å². The van der Waals surface area contributed by atoms with E-state index in [0.717, 1.165) is 71.7 Å². The number of ether oxygens (including phenoxy) is 2. The summed E-state index contributed by atoms with van der Waals surface area (Å²) in [4.78, 5) is 21.1. The Hall–Kier alpha value is -1.44. The number of piperidine rings is 1. The van der Waals surface area contributed by atoms with Crippen LogP contribution in [0.25, 0.3) is 0 Å². The van der Waals surface area contributed by atoms with Crippen LogP contribution in [0.1, 0.15) is 41.9 Å². The summed E-state index contributed by atoms with van der Waals surface area (Å²) in [5.41, 5.74) is 0.584. The Morgan fingerprint density at radius 2 is 1.96 bits per heavy atom. The van der Waals surface area contributed by atoms with Crippen LogP contribution in [0.15, 0.2) is 10.8 Å². The van der Waals surface area contributed by atoms with Crippen LogP contribution < -0.4 is 0 Å². The van der Waals surface area contributed by atoms with Crippen LogP contribution >= 0.6 is 0 Å². The SMILES string of the molecule is Cc1ncoc1C(=O)N1CCC2(CC1)CC(N1CCOCC1)CCO2. The van der Waals surface area contributed by atoms with Crippen molar-refractivity contribution in [3.05, 3.63) is 17.8 Å². The fraction of sp³-hybridized carbons (Fsp3) is 0.778. The number of carbonyl (C=O) groups is 1. The average Bonchev–Trinajstić information content (AvgIpc) is 3.09. The molecule has 4 heterocycles. The van der Waals surface area contributed by atoms with Gasteiger partial charge < -0.3 is 18.8 Å². The highest BCUT2D eigenvalue weighted by Gasteiger charge is 2.43. The number of rotatable bonds is 2. The number of aromatic nitrogens is 1. The monoisotopic (exact) mass is 349 g/mol. The quantitative estimate of drug-likeness (QED) is 0.805. The first kappa shape index (κ1) is 17.0. The van der Waals surface area contributed by atoms with Crippen LogP contribution in [0.5, 0.6) is 0 Å². The third-order valence-electron chi connectivity index (χ3n) is 5.93. The van der Waals surface area contributed by atoms with Gasteiger partial charge in [-0.05, 0) is 32.6 Å². The summed E-state index contributed by atoms with van der Waals surface area (Å²) in [5, 5.41) is 0. The van der Waals surface area contributed by atoms with Crippen molar-refractivity contribution in [1.82, 2.24) is 14.8 Å². The van der Waals surface area contributed by atoms with E-state index in [2.05, 4.69) is 9.88 Å². The lowest BCUT2D eigenvalue weighted by atomic mass is 9.81. The van der Waals surface area contributed by atoms with Crippen molar-refractivity contribution in [2.75, 3.05) is 46.0 Å². The van der Waals surface area contributed by atoms with E-state index in [0.29, 0.717) is 17.5 Å². The Kier molecular flexibility index (Phi) is 4.80. The van der Waals surface area contributed by atoms with Crippen molar-refractivity contribution < 1.29 is 18.7 Å². The number of likely N-dealkylation sites (tertiary alicyclic amines) is 1. The topological polar surface area (TPSA) is 68.0 Å². The molecule has 1 aromatic heterocycles. The Bertz CT molecular complexity index is 603. The highest BCUT2D eigenvalue weighted by atomic mass is 16.5. The second kappa shape index (κ2) is 7.05. The van der Waals surface area contributed by atoms with Gasteiger partial charge in [0.2, 0.25) is 5.76 Å². The maximum atomic E-state index is 12.6. The third kappa shape index (κ3) is 3.45. The number of hydrogen-bond acceptors (Lipinski definition) is 6. The van der Waals surface area contributed by atoms with Gasteiger partial charge >= 0.3 is 0 Å². The largest absolute Gasteiger partial charge is 0.438 e. The van der Waals surface area contributed by atoms with Gasteiger partial charge in [0, 0.05) is 38.8 Å². The summed E-state index contributed by atoms with van der Waals surface area (Å²) in [6, 6.07) is 0.580. The normalized spacial score (nSPS) is 27.6. The molecule has 3 saturated heterocycles. The second-order valence-electron chi connectivity index (χ2n) is 7.39. The standard InChI is InChI=1S/C18H27N3O4/c1-14-16(24-13-19-14)17(22)21-5-3-18(4-6-21)12-15(2-9-25-18)20-7-10-23-11-8-20/h13,15H,2-12H2,1H3. The smallest absolute Gasteiger partial charge is 0.291 e. The Labute approximate surface area is 148 Å². The highest BCUT2D eigenvalue weighted by Crippen LogP contribution is 2.37. The molecule has 0 aromatic carbocycles. The Morgan fingerprint density at radius 3 is 2.64 bits per heavy atom. The van der Waals surface area contributed by atoms with Gasteiger partial charge in [0.05, 0.1) is 24.5 Å². The molecule has 7 nitrogen and oxygen atoms in total. The van der Waals surface area contributed by atoms with Gasteiger partial charge in [-0.25, -0.2) is 4.98 Å². The first-order valence-corrected chi connectivity index (χ1v) is 9.32. The molecule has 1 spiro atoms. The summed E-state index contributed by atoms with van der Waals surface area (Å²) in [5.74, 6) is 0.317. The summed E-state index contributed by atoms with van der Waals surface area (Å²) < 4.78 is 17.0. The van der Waals surface area contributed by atoms with E-state index in [1.165, 1.54) is 6.39 Å². The molecule has 25 heavy (non-hydrogen) atoms. The van der Waals surface area contributed by atoms with Crippen LogP contribution in [0.3, 0.4) is 0 Å². The average molecular weight is 349 g/mol. The molecule has 0 radical (unpaired) electrons. The third-order valence-corrected chi connectivity index (χ3v) is 5.93. The van der Waals surface area contributed by atoms with Gasteiger partial charge in [-0.1, -0.05) is 0 Å². The van der Waals surface area contributed by atoms with Crippen molar-refractivity contribution >= 4 is 5.91 Å². The van der Waals surface area contributed by atoms with E-state index in [9.17, 15) is 4.79 Å². The van der Waals surface area contributed by atoms with Crippen molar-refractivity contribution in [3.63, 3.8) is 0 Å². The maximum absolute atomic E-state index is 12.6. The van der Waals surface area contributed by atoms with Crippen molar-refractivity contribution in [2.45, 2.75) is 44.2 Å². The Morgan fingerprint density at radius 1 is 1.20 bits per heavy atom. The molecule has 1 aromatic rings. The lowest BCUT2D eigenvalue weighted by Crippen LogP contribution is -2.55. The van der Waals surface area contributed by atoms with Gasteiger partial charge in [0.25, 0.3) is 5.91 Å². The molecule has 1 amide bonds. The molecule has 3 aliphatic heterocycles. The van der Waals surface area contributed by atoms with E-state index in [-0.39, 0.29) is 11.5 Å². The fourth-order valence-corrected chi connectivity index (χ4v) is 4.37. The molecule has 4 rings (SSSR count). The van der Waals surface area contributed by atoms with Crippen LogP contribution in [0.2, 0.25) is 0 Å². The molecule has 7 heteroatoms. The number of aryl methyl sites for hydroxylation is 1. The van der Waals surface area contributed by atoms with Gasteiger partial charge in [0.15, 0.2) is 6.39 Å². The zero-order valence-electron chi connectivity index (χ0n) is 14.9. The van der Waals surface area contributed by atoms with Crippen LogP contribution in [-0.4, -0.2) is 78.3 Å². The molecule has 0 bridgehead atoms. The van der Waals surface area contributed by atoms with E-state index in [1.807, 2.05) is 4.90 Å². The number of nitrogens with zero attached hydrogens (tertiary/aromatic N) is 3. The van der Waals surface area contributed by atoms with Crippen molar-refractivity contribution in [3.8, 4) is 0 Å². The lowest BCUT2D eigenvalue weighted by molar-refractivity contribution is -0.136. The van der Waals surface area contributed by atoms with Gasteiger partial charge in [-0.2, -0.15) is 0 Å². The number of hydrogen-bond donors (Lipinski definition) is 0. The molecule has 1 atom stereocenters. The molecule has 3 aliphatic rings. The predicted octanol–water partition coefficient (Wildman–Crippen LogP) is 1.47. The van der Waals surface area contributed by atoms with E-state index >= 15 is 0 Å². The Balaban J connectivity index is 1.37. The van der Waals surface area contributed by atoms with Crippen LogP contribution in [-0.2, 0) is 9.47 Å². The number of morpholine rings is 1. The minimum Gasteiger partial charge on any atom is -0.438 e. The fourth-order valence-electron chi connectivity index (χ4n) is 4.37. The molecular weight excluding hydrogens is 322 g/mol. The van der Waals surface area contributed by atoms with Gasteiger partial charge in [-0.15, -0.1) is 0 Å². The second-order valence-corrected chi connectivity index (χ2v) is 7.39. The summed E-state index contributed by atoms with van der Waals surface area (Å²) in [7, 11) is 0. The van der Waals surface area contributed by atoms with Crippen molar-refractivity contribution in [1.29, 1.82) is 0 Å². The zero-order valence-corrected chi connectivity index (χ0v) is 14.9. The van der Waals surface area contributed by atoms with Gasteiger partial charge in [0.1, 0.15) is 0 Å². The molecule has 1 unspecified atom stereocenters. The lowest BCUT2D eigenvalue weighted by Gasteiger charge is -2.48. The molecule has 0 saturated carbocycles. The maximum Gasteiger partial charge on any atom is 0.291 e. The minimum absolute atomic E-state index is 0.0506. The highest BCUT2D eigenvalue weighted by molar-refractivity contribution is 5.92. The molecule has 138 valence electrons.